The second kappa shape index (κ2) is 3.63. The minimum absolute atomic E-state index is 0.802. The van der Waals surface area contributed by atoms with Crippen LogP contribution in [0.5, 0.6) is 0 Å². The third kappa shape index (κ3) is 1.47. The zero-order valence-corrected chi connectivity index (χ0v) is 9.59. The molecule has 0 bridgehead atoms. The van der Waals surface area contributed by atoms with Crippen molar-refractivity contribution in [3.8, 4) is 5.69 Å². The summed E-state index contributed by atoms with van der Waals surface area (Å²) in [6.45, 7) is 2.01. The molecule has 2 aromatic carbocycles. The van der Waals surface area contributed by atoms with Gasteiger partial charge in [0.2, 0.25) is 0 Å². The van der Waals surface area contributed by atoms with Crippen molar-refractivity contribution in [3.05, 3.63) is 54.4 Å². The first kappa shape index (κ1) is 9.90. The molecule has 0 aliphatic rings. The number of aryl methyl sites for hydroxylation is 1. The number of rotatable bonds is 1. The third-order valence-electron chi connectivity index (χ3n) is 3.01. The first-order valence-electron chi connectivity index (χ1n) is 5.55. The quantitative estimate of drug-likeness (QED) is 0.644. The summed E-state index contributed by atoms with van der Waals surface area (Å²) in [5.41, 5.74) is 11.0. The van der Waals surface area contributed by atoms with E-state index in [2.05, 4.69) is 4.98 Å². The Balaban J connectivity index is 2.31. The van der Waals surface area contributed by atoms with E-state index in [-0.39, 0.29) is 0 Å². The second-order valence-electron chi connectivity index (χ2n) is 4.11. The predicted molar refractivity (Wildman–Crippen MR) is 70.2 cm³/mol. The molecule has 0 amide bonds. The fourth-order valence-electron chi connectivity index (χ4n) is 2.03. The van der Waals surface area contributed by atoms with Gasteiger partial charge in [-0.05, 0) is 30.7 Å². The normalized spacial score (nSPS) is 10.9. The average Bonchev–Trinajstić information content (AvgIpc) is 2.77. The van der Waals surface area contributed by atoms with Crippen LogP contribution in [-0.2, 0) is 0 Å². The molecule has 0 unspecified atom stereocenters. The summed E-state index contributed by atoms with van der Waals surface area (Å²) in [5.74, 6) is 0. The topological polar surface area (TPSA) is 43.8 Å². The van der Waals surface area contributed by atoms with E-state index in [4.69, 9.17) is 5.73 Å². The van der Waals surface area contributed by atoms with Gasteiger partial charge in [0.15, 0.2) is 0 Å². The molecule has 0 atom stereocenters. The molecule has 0 aliphatic heterocycles. The molecule has 0 aliphatic carbocycles. The minimum Gasteiger partial charge on any atom is -0.397 e. The maximum atomic E-state index is 6.12. The molecule has 3 aromatic rings. The maximum Gasteiger partial charge on any atom is 0.100 e. The molecule has 0 saturated heterocycles. The van der Waals surface area contributed by atoms with Gasteiger partial charge in [0.1, 0.15) is 6.33 Å². The molecule has 3 heteroatoms. The van der Waals surface area contributed by atoms with Crippen LogP contribution in [0.3, 0.4) is 0 Å². The molecule has 84 valence electrons. The summed E-state index contributed by atoms with van der Waals surface area (Å²) < 4.78 is 2.03. The van der Waals surface area contributed by atoms with E-state index in [0.717, 1.165) is 28.0 Å². The van der Waals surface area contributed by atoms with Gasteiger partial charge in [-0.25, -0.2) is 4.98 Å². The summed E-state index contributed by atoms with van der Waals surface area (Å²) >= 11 is 0. The van der Waals surface area contributed by atoms with E-state index >= 15 is 0 Å². The lowest BCUT2D eigenvalue weighted by Crippen LogP contribution is -2.00. The van der Waals surface area contributed by atoms with Crippen LogP contribution in [0.4, 0.5) is 5.69 Å². The molecule has 0 radical (unpaired) electrons. The average molecular weight is 223 g/mol. The van der Waals surface area contributed by atoms with Gasteiger partial charge in [0.05, 0.1) is 22.4 Å². The molecule has 0 spiro atoms. The molecule has 3 nitrogen and oxygen atoms in total. The number of para-hydroxylation sites is 3. The fraction of sp³-hybridized carbons (Fsp3) is 0.0714. The van der Waals surface area contributed by atoms with Crippen molar-refractivity contribution >= 4 is 16.7 Å². The van der Waals surface area contributed by atoms with Crippen LogP contribution >= 0.6 is 0 Å². The Kier molecular flexibility index (Phi) is 2.11. The van der Waals surface area contributed by atoms with Crippen molar-refractivity contribution in [2.75, 3.05) is 5.73 Å². The van der Waals surface area contributed by atoms with Crippen molar-refractivity contribution in [2.45, 2.75) is 6.92 Å². The highest BCUT2D eigenvalue weighted by molar-refractivity contribution is 5.79. The van der Waals surface area contributed by atoms with Gasteiger partial charge < -0.3 is 5.73 Å². The summed E-state index contributed by atoms with van der Waals surface area (Å²) in [6.07, 6.45) is 1.82. The van der Waals surface area contributed by atoms with E-state index in [9.17, 15) is 0 Å². The van der Waals surface area contributed by atoms with Crippen molar-refractivity contribution < 1.29 is 0 Å². The van der Waals surface area contributed by atoms with E-state index < -0.39 is 0 Å². The zero-order chi connectivity index (χ0) is 11.8. The number of nitrogen functional groups attached to an aromatic ring is 1. The van der Waals surface area contributed by atoms with Crippen LogP contribution < -0.4 is 5.73 Å². The van der Waals surface area contributed by atoms with Gasteiger partial charge in [-0.2, -0.15) is 0 Å². The van der Waals surface area contributed by atoms with Crippen LogP contribution in [0.1, 0.15) is 5.56 Å². The highest BCUT2D eigenvalue weighted by atomic mass is 15.1. The van der Waals surface area contributed by atoms with E-state index in [1.54, 1.807) is 0 Å². The molecule has 2 N–H and O–H groups in total. The van der Waals surface area contributed by atoms with Crippen LogP contribution in [0.2, 0.25) is 0 Å². The van der Waals surface area contributed by atoms with E-state index in [1.807, 2.05) is 60.3 Å². The highest BCUT2D eigenvalue weighted by Gasteiger charge is 2.07. The summed E-state index contributed by atoms with van der Waals surface area (Å²) in [7, 11) is 0. The highest BCUT2D eigenvalue weighted by Crippen LogP contribution is 2.24. The van der Waals surface area contributed by atoms with Crippen molar-refractivity contribution in [1.82, 2.24) is 9.55 Å². The van der Waals surface area contributed by atoms with Gasteiger partial charge in [-0.3, -0.25) is 4.57 Å². The molecule has 0 saturated carbocycles. The molecule has 0 fully saturated rings. The van der Waals surface area contributed by atoms with Gasteiger partial charge in [0.25, 0.3) is 0 Å². The number of aromatic nitrogens is 2. The zero-order valence-electron chi connectivity index (χ0n) is 9.59. The summed E-state index contributed by atoms with van der Waals surface area (Å²) in [4.78, 5) is 4.37. The molecule has 17 heavy (non-hydrogen) atoms. The molecule has 1 aromatic heterocycles. The lowest BCUT2D eigenvalue weighted by Gasteiger charge is -2.09. The largest absolute Gasteiger partial charge is 0.397 e. The number of nitrogens with zero attached hydrogens (tertiary/aromatic N) is 2. The lowest BCUT2D eigenvalue weighted by atomic mass is 10.1. The Labute approximate surface area is 99.5 Å². The number of benzene rings is 2. The van der Waals surface area contributed by atoms with E-state index in [0.29, 0.717) is 0 Å². The number of imidazole rings is 1. The van der Waals surface area contributed by atoms with Gasteiger partial charge in [-0.1, -0.05) is 24.3 Å². The second-order valence-corrected chi connectivity index (χ2v) is 4.11. The third-order valence-corrected chi connectivity index (χ3v) is 3.01. The Morgan fingerprint density at radius 1 is 1.06 bits per heavy atom. The predicted octanol–water partition coefficient (Wildman–Crippen LogP) is 2.92. The first-order chi connectivity index (χ1) is 8.27. The van der Waals surface area contributed by atoms with Crippen molar-refractivity contribution in [3.63, 3.8) is 0 Å². The number of fused-ring (bicyclic) bond motifs is 1. The first-order valence-corrected chi connectivity index (χ1v) is 5.55. The lowest BCUT2D eigenvalue weighted by molar-refractivity contribution is 1.09. The van der Waals surface area contributed by atoms with Gasteiger partial charge in [0, 0.05) is 0 Å². The Bertz CT molecular complexity index is 683. The monoisotopic (exact) mass is 223 g/mol. The Hall–Kier alpha value is -2.29. The van der Waals surface area contributed by atoms with Crippen LogP contribution in [0, 0.1) is 6.92 Å². The standard InChI is InChI=1S/C14H13N3/c1-10-5-4-8-13(14(10)15)17-9-16-11-6-2-3-7-12(11)17/h2-9H,15H2,1H3. The summed E-state index contributed by atoms with van der Waals surface area (Å²) in [5, 5.41) is 0. The smallest absolute Gasteiger partial charge is 0.100 e. The van der Waals surface area contributed by atoms with Gasteiger partial charge in [-0.15, -0.1) is 0 Å². The number of hydrogen-bond donors (Lipinski definition) is 1. The number of anilines is 1. The summed E-state index contributed by atoms with van der Waals surface area (Å²) in [6, 6.07) is 14.1. The number of hydrogen-bond acceptors (Lipinski definition) is 2. The Morgan fingerprint density at radius 2 is 1.88 bits per heavy atom. The maximum absolute atomic E-state index is 6.12. The van der Waals surface area contributed by atoms with Crippen LogP contribution in [-0.4, -0.2) is 9.55 Å². The Morgan fingerprint density at radius 3 is 2.76 bits per heavy atom. The molecular weight excluding hydrogens is 210 g/mol. The number of nitrogens with two attached hydrogens (primary N) is 1. The molecular formula is C14H13N3. The van der Waals surface area contributed by atoms with Gasteiger partial charge >= 0.3 is 0 Å². The minimum atomic E-state index is 0.802. The fourth-order valence-corrected chi connectivity index (χ4v) is 2.03. The molecule has 3 rings (SSSR count). The van der Waals surface area contributed by atoms with Crippen LogP contribution in [0.15, 0.2) is 48.8 Å². The van der Waals surface area contributed by atoms with Crippen molar-refractivity contribution in [1.29, 1.82) is 0 Å². The van der Waals surface area contributed by atoms with E-state index in [1.165, 1.54) is 0 Å². The SMILES string of the molecule is Cc1cccc(-n2cnc3ccccc32)c1N. The molecule has 1 heterocycles. The van der Waals surface area contributed by atoms with Crippen LogP contribution in [0.25, 0.3) is 16.7 Å². The van der Waals surface area contributed by atoms with Crippen molar-refractivity contribution in [2.24, 2.45) is 0 Å².